The summed E-state index contributed by atoms with van der Waals surface area (Å²) < 4.78 is 0. The van der Waals surface area contributed by atoms with Crippen LogP contribution in [-0.4, -0.2) is 35.6 Å². The number of carbonyl (C=O) groups excluding carboxylic acids is 1. The first-order chi connectivity index (χ1) is 5.25. The molecule has 0 aromatic rings. The molecule has 0 saturated carbocycles. The summed E-state index contributed by atoms with van der Waals surface area (Å²) in [6.07, 6.45) is 3.07. The van der Waals surface area contributed by atoms with E-state index in [2.05, 4.69) is 0 Å². The SMILES string of the molecule is CN1CCCCC1C(=O)NO. The number of hydrogen-bond acceptors (Lipinski definition) is 3. The average molecular weight is 158 g/mol. The van der Waals surface area contributed by atoms with Gasteiger partial charge in [-0.2, -0.15) is 0 Å². The molecule has 0 aromatic heterocycles. The van der Waals surface area contributed by atoms with Crippen molar-refractivity contribution in [2.45, 2.75) is 25.3 Å². The number of hydrogen-bond donors (Lipinski definition) is 2. The number of likely N-dealkylation sites (tertiary alicyclic amines) is 1. The number of likely N-dealkylation sites (N-methyl/N-ethyl adjacent to an activating group) is 1. The summed E-state index contributed by atoms with van der Waals surface area (Å²) in [5, 5.41) is 8.38. The molecule has 1 amide bonds. The van der Waals surface area contributed by atoms with E-state index in [4.69, 9.17) is 5.21 Å². The van der Waals surface area contributed by atoms with E-state index in [9.17, 15) is 4.79 Å². The number of nitrogens with zero attached hydrogens (tertiary/aromatic N) is 1. The lowest BCUT2D eigenvalue weighted by Gasteiger charge is -2.30. The van der Waals surface area contributed by atoms with Gasteiger partial charge in [-0.15, -0.1) is 0 Å². The Hall–Kier alpha value is -0.610. The van der Waals surface area contributed by atoms with Crippen LogP contribution in [0.25, 0.3) is 0 Å². The minimum absolute atomic E-state index is 0.131. The summed E-state index contributed by atoms with van der Waals surface area (Å²) in [6.45, 7) is 0.943. The van der Waals surface area contributed by atoms with Crippen molar-refractivity contribution in [1.29, 1.82) is 0 Å². The zero-order valence-corrected chi connectivity index (χ0v) is 6.71. The van der Waals surface area contributed by atoms with E-state index in [-0.39, 0.29) is 11.9 Å². The largest absolute Gasteiger partial charge is 0.295 e. The summed E-state index contributed by atoms with van der Waals surface area (Å²) in [6, 6.07) is -0.131. The zero-order chi connectivity index (χ0) is 8.27. The number of amides is 1. The number of hydroxylamine groups is 1. The second-order valence-corrected chi connectivity index (χ2v) is 2.97. The summed E-state index contributed by atoms with van der Waals surface area (Å²) in [5.41, 5.74) is 1.68. The molecule has 11 heavy (non-hydrogen) atoms. The van der Waals surface area contributed by atoms with Crippen LogP contribution in [0.5, 0.6) is 0 Å². The summed E-state index contributed by atoms with van der Waals surface area (Å²) in [7, 11) is 1.90. The monoisotopic (exact) mass is 158 g/mol. The average Bonchev–Trinajstić information content (AvgIpc) is 2.04. The third-order valence-electron chi connectivity index (χ3n) is 2.18. The maximum absolute atomic E-state index is 11.0. The van der Waals surface area contributed by atoms with Gasteiger partial charge in [-0.25, -0.2) is 5.48 Å². The molecule has 0 spiro atoms. The minimum Gasteiger partial charge on any atom is -0.295 e. The number of rotatable bonds is 1. The van der Waals surface area contributed by atoms with Gasteiger partial charge >= 0.3 is 0 Å². The van der Waals surface area contributed by atoms with E-state index in [0.717, 1.165) is 25.8 Å². The molecule has 1 atom stereocenters. The Morgan fingerprint density at radius 1 is 1.64 bits per heavy atom. The van der Waals surface area contributed by atoms with E-state index in [0.29, 0.717) is 0 Å². The molecule has 1 fully saturated rings. The summed E-state index contributed by atoms with van der Waals surface area (Å²) >= 11 is 0. The van der Waals surface area contributed by atoms with Crippen LogP contribution in [-0.2, 0) is 4.79 Å². The molecule has 1 rings (SSSR count). The van der Waals surface area contributed by atoms with E-state index in [1.54, 1.807) is 5.48 Å². The van der Waals surface area contributed by atoms with Crippen molar-refractivity contribution in [3.05, 3.63) is 0 Å². The quantitative estimate of drug-likeness (QED) is 0.416. The van der Waals surface area contributed by atoms with Crippen LogP contribution in [0.3, 0.4) is 0 Å². The molecular formula is C7H14N2O2. The molecule has 1 heterocycles. The maximum atomic E-state index is 11.0. The molecule has 1 saturated heterocycles. The molecular weight excluding hydrogens is 144 g/mol. The van der Waals surface area contributed by atoms with Gasteiger partial charge in [-0.05, 0) is 26.4 Å². The van der Waals surface area contributed by atoms with Gasteiger partial charge in [-0.3, -0.25) is 14.9 Å². The smallest absolute Gasteiger partial charge is 0.260 e. The topological polar surface area (TPSA) is 52.6 Å². The predicted molar refractivity (Wildman–Crippen MR) is 40.2 cm³/mol. The minimum atomic E-state index is -0.285. The fourth-order valence-corrected chi connectivity index (χ4v) is 1.48. The van der Waals surface area contributed by atoms with Crippen LogP contribution in [0.15, 0.2) is 0 Å². The van der Waals surface area contributed by atoms with Crippen molar-refractivity contribution >= 4 is 5.91 Å². The highest BCUT2D eigenvalue weighted by molar-refractivity contribution is 5.80. The van der Waals surface area contributed by atoms with Gasteiger partial charge in [0, 0.05) is 0 Å². The van der Waals surface area contributed by atoms with E-state index in [1.807, 2.05) is 11.9 Å². The molecule has 0 bridgehead atoms. The Morgan fingerprint density at radius 3 is 2.91 bits per heavy atom. The highest BCUT2D eigenvalue weighted by Crippen LogP contribution is 2.14. The van der Waals surface area contributed by atoms with E-state index in [1.165, 1.54) is 0 Å². The van der Waals surface area contributed by atoms with Gasteiger partial charge in [0.05, 0.1) is 6.04 Å². The summed E-state index contributed by atoms with van der Waals surface area (Å²) in [4.78, 5) is 12.9. The van der Waals surface area contributed by atoms with Gasteiger partial charge in [0.2, 0.25) is 0 Å². The van der Waals surface area contributed by atoms with Crippen LogP contribution < -0.4 is 5.48 Å². The Bertz CT molecular complexity index is 149. The van der Waals surface area contributed by atoms with Crippen molar-refractivity contribution < 1.29 is 10.0 Å². The van der Waals surface area contributed by atoms with Gasteiger partial charge < -0.3 is 0 Å². The number of nitrogens with one attached hydrogen (secondary N) is 1. The van der Waals surface area contributed by atoms with Gasteiger partial charge in [0.1, 0.15) is 0 Å². The molecule has 64 valence electrons. The highest BCUT2D eigenvalue weighted by atomic mass is 16.5. The van der Waals surface area contributed by atoms with Crippen molar-refractivity contribution in [3.8, 4) is 0 Å². The standard InChI is InChI=1S/C7H14N2O2/c1-9-5-3-2-4-6(9)7(10)8-11/h6,11H,2-5H2,1H3,(H,8,10). The fraction of sp³-hybridized carbons (Fsp3) is 0.857. The molecule has 0 aliphatic carbocycles. The second-order valence-electron chi connectivity index (χ2n) is 2.97. The first-order valence-corrected chi connectivity index (χ1v) is 3.90. The van der Waals surface area contributed by atoms with Crippen LogP contribution in [0.4, 0.5) is 0 Å². The van der Waals surface area contributed by atoms with Crippen LogP contribution >= 0.6 is 0 Å². The molecule has 0 aromatic carbocycles. The van der Waals surface area contributed by atoms with Crippen molar-refractivity contribution in [1.82, 2.24) is 10.4 Å². The second kappa shape index (κ2) is 3.69. The van der Waals surface area contributed by atoms with Gasteiger partial charge in [0.25, 0.3) is 5.91 Å². The number of carbonyl (C=O) groups is 1. The van der Waals surface area contributed by atoms with Gasteiger partial charge in [0.15, 0.2) is 0 Å². The zero-order valence-electron chi connectivity index (χ0n) is 6.71. The first kappa shape index (κ1) is 8.49. The molecule has 4 nitrogen and oxygen atoms in total. The molecule has 1 unspecified atom stereocenters. The normalized spacial score (nSPS) is 26.5. The molecule has 2 N–H and O–H groups in total. The van der Waals surface area contributed by atoms with Crippen molar-refractivity contribution in [3.63, 3.8) is 0 Å². The van der Waals surface area contributed by atoms with Crippen molar-refractivity contribution in [2.75, 3.05) is 13.6 Å². The molecule has 1 aliphatic heterocycles. The Morgan fingerprint density at radius 2 is 2.36 bits per heavy atom. The molecule has 4 heteroatoms. The third kappa shape index (κ3) is 1.91. The van der Waals surface area contributed by atoms with E-state index < -0.39 is 0 Å². The maximum Gasteiger partial charge on any atom is 0.260 e. The predicted octanol–water partition coefficient (Wildman–Crippen LogP) is -0.0239. The molecule has 1 aliphatic rings. The summed E-state index contributed by atoms with van der Waals surface area (Å²) in [5.74, 6) is -0.285. The Labute approximate surface area is 66.1 Å². The van der Waals surface area contributed by atoms with Crippen LogP contribution in [0.1, 0.15) is 19.3 Å². The highest BCUT2D eigenvalue weighted by Gasteiger charge is 2.24. The van der Waals surface area contributed by atoms with Crippen LogP contribution in [0, 0.1) is 0 Å². The lowest BCUT2D eigenvalue weighted by atomic mass is 10.0. The van der Waals surface area contributed by atoms with E-state index >= 15 is 0 Å². The number of piperidine rings is 1. The lowest BCUT2D eigenvalue weighted by molar-refractivity contribution is -0.135. The fourth-order valence-electron chi connectivity index (χ4n) is 1.48. The first-order valence-electron chi connectivity index (χ1n) is 3.90. The third-order valence-corrected chi connectivity index (χ3v) is 2.18. The Kier molecular flexibility index (Phi) is 2.84. The van der Waals surface area contributed by atoms with Crippen LogP contribution in [0.2, 0.25) is 0 Å². The van der Waals surface area contributed by atoms with Crippen molar-refractivity contribution in [2.24, 2.45) is 0 Å². The lowest BCUT2D eigenvalue weighted by Crippen LogP contribution is -2.46. The molecule has 0 radical (unpaired) electrons. The van der Waals surface area contributed by atoms with Gasteiger partial charge in [-0.1, -0.05) is 6.42 Å². The Balaban J connectivity index is 2.47.